The number of alkyl halides is 1. The first kappa shape index (κ1) is 24.9. The summed E-state index contributed by atoms with van der Waals surface area (Å²) in [6, 6.07) is 19.0. The summed E-state index contributed by atoms with van der Waals surface area (Å²) in [5.74, 6) is 0.282. The Labute approximate surface area is 203 Å². The van der Waals surface area contributed by atoms with E-state index in [1.165, 1.54) is 19.2 Å². The number of rotatable bonds is 9. The average Bonchev–Trinajstić information content (AvgIpc) is 2.80. The van der Waals surface area contributed by atoms with Crippen LogP contribution in [-0.4, -0.2) is 19.3 Å². The molecule has 3 aromatic rings. The van der Waals surface area contributed by atoms with Crippen LogP contribution in [0, 0.1) is 0 Å². The van der Waals surface area contributed by atoms with Crippen LogP contribution in [0.5, 0.6) is 11.5 Å². The van der Waals surface area contributed by atoms with Gasteiger partial charge in [-0.15, -0.1) is 0 Å². The van der Waals surface area contributed by atoms with Gasteiger partial charge in [-0.1, -0.05) is 79.5 Å². The molecule has 174 valence electrons. The molecule has 0 aliphatic heterocycles. The lowest BCUT2D eigenvalue weighted by atomic mass is 9.96. The Balaban J connectivity index is 1.78. The fourth-order valence-electron chi connectivity index (χ4n) is 3.33. The second-order valence-electron chi connectivity index (χ2n) is 7.89. The number of hydrogen-bond donors (Lipinski definition) is 1. The Hall–Kier alpha value is -2.76. The van der Waals surface area contributed by atoms with Crippen molar-refractivity contribution < 1.29 is 18.7 Å². The molecule has 3 aromatic carbocycles. The molecule has 1 atom stereocenters. The number of nitrogens with one attached hydrogen (secondary N) is 1. The minimum Gasteiger partial charge on any atom is -0.489 e. The van der Waals surface area contributed by atoms with Crippen molar-refractivity contribution >= 4 is 29.1 Å². The minimum atomic E-state index is -2.15. The maximum absolute atomic E-state index is 13.8. The van der Waals surface area contributed by atoms with Crippen molar-refractivity contribution in [2.24, 2.45) is 0 Å². The fourth-order valence-corrected chi connectivity index (χ4v) is 3.93. The van der Waals surface area contributed by atoms with Crippen LogP contribution in [0.1, 0.15) is 42.0 Å². The molecule has 0 bridgehead atoms. The molecule has 0 aromatic heterocycles. The minimum absolute atomic E-state index is 0.0809. The largest absolute Gasteiger partial charge is 0.489 e. The number of ether oxygens (including phenoxy) is 2. The highest BCUT2D eigenvalue weighted by Gasteiger charge is 2.19. The van der Waals surface area contributed by atoms with Gasteiger partial charge in [0.25, 0.3) is 5.91 Å². The molecule has 0 fully saturated rings. The van der Waals surface area contributed by atoms with Gasteiger partial charge < -0.3 is 14.8 Å². The normalized spacial score (nSPS) is 11.8. The summed E-state index contributed by atoms with van der Waals surface area (Å²) in [7, 11) is 1.32. The summed E-state index contributed by atoms with van der Waals surface area (Å²) in [6.45, 7) is 4.71. The summed E-state index contributed by atoms with van der Waals surface area (Å²) in [5, 5.41) is 2.84. The number of carbonyl (C=O) groups excluding carboxylic acids is 1. The topological polar surface area (TPSA) is 47.6 Å². The third-order valence-electron chi connectivity index (χ3n) is 5.12. The lowest BCUT2D eigenvalue weighted by Gasteiger charge is -2.17. The van der Waals surface area contributed by atoms with Crippen LogP contribution in [0.15, 0.2) is 60.7 Å². The van der Waals surface area contributed by atoms with Gasteiger partial charge in [0, 0.05) is 23.5 Å². The summed E-state index contributed by atoms with van der Waals surface area (Å²) >= 11 is 12.8. The van der Waals surface area contributed by atoms with Crippen molar-refractivity contribution in [3.8, 4) is 11.5 Å². The average molecular weight is 490 g/mol. The van der Waals surface area contributed by atoms with Crippen LogP contribution in [0.25, 0.3) is 0 Å². The number of amides is 1. The lowest BCUT2D eigenvalue weighted by Crippen LogP contribution is -2.32. The van der Waals surface area contributed by atoms with E-state index in [1.807, 2.05) is 42.5 Å². The van der Waals surface area contributed by atoms with Crippen LogP contribution in [0.4, 0.5) is 4.39 Å². The summed E-state index contributed by atoms with van der Waals surface area (Å²) < 4.78 is 24.9. The molecular weight excluding hydrogens is 464 g/mol. The zero-order chi connectivity index (χ0) is 24.0. The van der Waals surface area contributed by atoms with Gasteiger partial charge in [0.15, 0.2) is 0 Å². The van der Waals surface area contributed by atoms with E-state index in [0.29, 0.717) is 28.6 Å². The first-order valence-corrected chi connectivity index (χ1v) is 11.3. The maximum Gasteiger partial charge on any atom is 0.316 e. The monoisotopic (exact) mass is 489 g/mol. The standard InChI is InChI=1S/C26H26Cl2FNO3/c1-16(2)20-11-18(9-10-24(20)32-15-17-7-5-4-6-8-17)12-21-22(27)13-19(14-23(21)28)33-25(29)26(31)30-3/h4-11,13-14,16,25H,12,15H2,1-3H3,(H,30,31). The van der Waals surface area contributed by atoms with Gasteiger partial charge in [-0.2, -0.15) is 4.39 Å². The molecular formula is C26H26Cl2FNO3. The summed E-state index contributed by atoms with van der Waals surface area (Å²) in [4.78, 5) is 11.3. The van der Waals surface area contributed by atoms with Crippen molar-refractivity contribution in [1.29, 1.82) is 0 Å². The molecule has 1 amide bonds. The Morgan fingerprint density at radius 3 is 2.27 bits per heavy atom. The van der Waals surface area contributed by atoms with Crippen LogP contribution in [0.2, 0.25) is 10.0 Å². The summed E-state index contributed by atoms with van der Waals surface area (Å²) in [5.41, 5.74) is 3.89. The van der Waals surface area contributed by atoms with Crippen LogP contribution < -0.4 is 14.8 Å². The van der Waals surface area contributed by atoms with Crippen molar-refractivity contribution in [3.63, 3.8) is 0 Å². The summed E-state index contributed by atoms with van der Waals surface area (Å²) in [6.07, 6.45) is -1.67. The van der Waals surface area contributed by atoms with E-state index in [-0.39, 0.29) is 11.7 Å². The van der Waals surface area contributed by atoms with Gasteiger partial charge in [-0.25, -0.2) is 0 Å². The molecule has 7 heteroatoms. The van der Waals surface area contributed by atoms with Crippen molar-refractivity contribution in [3.05, 3.63) is 93.0 Å². The third kappa shape index (κ3) is 6.62. The molecule has 0 saturated carbocycles. The number of halogens is 3. The first-order valence-electron chi connectivity index (χ1n) is 10.6. The van der Waals surface area contributed by atoms with Gasteiger partial charge in [-0.05, 0) is 46.4 Å². The Kier molecular flexibility index (Phi) is 8.59. The van der Waals surface area contributed by atoms with Gasteiger partial charge in [0.2, 0.25) is 0 Å². The van der Waals surface area contributed by atoms with E-state index in [1.54, 1.807) is 0 Å². The van der Waals surface area contributed by atoms with E-state index >= 15 is 0 Å². The Bertz CT molecular complexity index is 1080. The third-order valence-corrected chi connectivity index (χ3v) is 5.80. The molecule has 3 rings (SSSR count). The second kappa shape index (κ2) is 11.4. The quantitative estimate of drug-likeness (QED) is 0.363. The second-order valence-corrected chi connectivity index (χ2v) is 8.71. The predicted molar refractivity (Wildman–Crippen MR) is 130 cm³/mol. The molecule has 0 radical (unpaired) electrons. The number of likely N-dealkylation sites (N-methyl/N-ethyl adjacent to an activating group) is 1. The van der Waals surface area contributed by atoms with Crippen molar-refractivity contribution in [2.75, 3.05) is 7.05 Å². The van der Waals surface area contributed by atoms with E-state index in [0.717, 1.165) is 22.4 Å². The molecule has 0 aliphatic carbocycles. The molecule has 33 heavy (non-hydrogen) atoms. The van der Waals surface area contributed by atoms with E-state index < -0.39 is 12.3 Å². The number of hydrogen-bond acceptors (Lipinski definition) is 3. The van der Waals surface area contributed by atoms with Gasteiger partial charge in [0.05, 0.1) is 0 Å². The smallest absolute Gasteiger partial charge is 0.316 e. The maximum atomic E-state index is 13.8. The van der Waals surface area contributed by atoms with E-state index in [2.05, 4.69) is 25.2 Å². The zero-order valence-electron chi connectivity index (χ0n) is 18.7. The number of carbonyl (C=O) groups is 1. The highest BCUT2D eigenvalue weighted by molar-refractivity contribution is 6.36. The Morgan fingerprint density at radius 2 is 1.67 bits per heavy atom. The molecule has 0 aliphatic rings. The van der Waals surface area contributed by atoms with E-state index in [9.17, 15) is 9.18 Å². The van der Waals surface area contributed by atoms with E-state index in [4.69, 9.17) is 32.7 Å². The predicted octanol–water partition coefficient (Wildman–Crippen LogP) is 6.71. The highest BCUT2D eigenvalue weighted by Crippen LogP contribution is 2.34. The molecule has 0 heterocycles. The fraction of sp³-hybridized carbons (Fsp3) is 0.269. The van der Waals surface area contributed by atoms with Crippen LogP contribution in [-0.2, 0) is 17.8 Å². The lowest BCUT2D eigenvalue weighted by molar-refractivity contribution is -0.134. The highest BCUT2D eigenvalue weighted by atomic mass is 35.5. The van der Waals surface area contributed by atoms with Gasteiger partial charge in [0.1, 0.15) is 18.1 Å². The zero-order valence-corrected chi connectivity index (χ0v) is 20.2. The van der Waals surface area contributed by atoms with Crippen molar-refractivity contribution in [2.45, 2.75) is 39.2 Å². The van der Waals surface area contributed by atoms with Crippen molar-refractivity contribution in [1.82, 2.24) is 5.32 Å². The first-order chi connectivity index (χ1) is 15.8. The van der Waals surface area contributed by atoms with Crippen LogP contribution >= 0.6 is 23.2 Å². The Morgan fingerprint density at radius 1 is 1.00 bits per heavy atom. The molecule has 4 nitrogen and oxygen atoms in total. The van der Waals surface area contributed by atoms with Gasteiger partial charge >= 0.3 is 6.36 Å². The van der Waals surface area contributed by atoms with Gasteiger partial charge in [-0.3, -0.25) is 4.79 Å². The molecule has 0 spiro atoms. The molecule has 0 saturated heterocycles. The van der Waals surface area contributed by atoms with Crippen LogP contribution in [0.3, 0.4) is 0 Å². The SMILES string of the molecule is CNC(=O)C(F)Oc1cc(Cl)c(Cc2ccc(OCc3ccccc3)c(C(C)C)c2)c(Cl)c1. The number of benzene rings is 3. The molecule has 1 N–H and O–H groups in total. The molecule has 1 unspecified atom stereocenters.